The SMILES string of the molecule is C=C(C)/C(=C/C(C)N(C)C)N(C)C. The molecule has 0 heterocycles. The smallest absolute Gasteiger partial charge is 0.0359 e. The van der Waals surface area contributed by atoms with E-state index < -0.39 is 0 Å². The van der Waals surface area contributed by atoms with Gasteiger partial charge in [-0.3, -0.25) is 0 Å². The van der Waals surface area contributed by atoms with Crippen LogP contribution in [0.2, 0.25) is 0 Å². The molecule has 1 unspecified atom stereocenters. The van der Waals surface area contributed by atoms with Gasteiger partial charge in [0, 0.05) is 25.8 Å². The van der Waals surface area contributed by atoms with Gasteiger partial charge in [0.25, 0.3) is 0 Å². The van der Waals surface area contributed by atoms with Crippen molar-refractivity contribution in [3.63, 3.8) is 0 Å². The number of likely N-dealkylation sites (N-methyl/N-ethyl adjacent to an activating group) is 2. The van der Waals surface area contributed by atoms with Crippen molar-refractivity contribution in [2.24, 2.45) is 0 Å². The Kier molecular flexibility index (Phi) is 4.78. The van der Waals surface area contributed by atoms with Crippen LogP contribution in [0.4, 0.5) is 0 Å². The molecule has 0 saturated heterocycles. The number of allylic oxidation sites excluding steroid dienone is 1. The van der Waals surface area contributed by atoms with E-state index in [0.717, 1.165) is 5.57 Å². The van der Waals surface area contributed by atoms with Crippen LogP contribution in [-0.4, -0.2) is 44.0 Å². The molecule has 76 valence electrons. The molecule has 0 aliphatic rings. The fourth-order valence-electron chi connectivity index (χ4n) is 1.05. The fourth-order valence-corrected chi connectivity index (χ4v) is 1.05. The molecule has 0 aromatic carbocycles. The Morgan fingerprint density at radius 1 is 1.23 bits per heavy atom. The lowest BCUT2D eigenvalue weighted by Crippen LogP contribution is -2.24. The Hall–Kier alpha value is -0.760. The predicted molar refractivity (Wildman–Crippen MR) is 59.7 cm³/mol. The highest BCUT2D eigenvalue weighted by atomic mass is 15.1. The largest absolute Gasteiger partial charge is 0.378 e. The van der Waals surface area contributed by atoms with Gasteiger partial charge in [0.1, 0.15) is 0 Å². The summed E-state index contributed by atoms with van der Waals surface area (Å²) in [6, 6.07) is 0.439. The molecular weight excluding hydrogens is 160 g/mol. The third-order valence-corrected chi connectivity index (χ3v) is 2.13. The lowest BCUT2D eigenvalue weighted by Gasteiger charge is -2.22. The van der Waals surface area contributed by atoms with E-state index in [1.165, 1.54) is 5.70 Å². The molecule has 0 spiro atoms. The van der Waals surface area contributed by atoms with E-state index in [0.29, 0.717) is 6.04 Å². The van der Waals surface area contributed by atoms with E-state index in [4.69, 9.17) is 0 Å². The number of hydrogen-bond acceptors (Lipinski definition) is 2. The summed E-state index contributed by atoms with van der Waals surface area (Å²) in [6.45, 7) is 8.17. The van der Waals surface area contributed by atoms with Crippen LogP contribution < -0.4 is 0 Å². The molecule has 0 aromatic heterocycles. The molecule has 2 heteroatoms. The molecule has 0 radical (unpaired) electrons. The van der Waals surface area contributed by atoms with Gasteiger partial charge in [-0.05, 0) is 39.6 Å². The first kappa shape index (κ1) is 12.2. The van der Waals surface area contributed by atoms with Crippen LogP contribution in [0, 0.1) is 0 Å². The molecule has 0 aliphatic heterocycles. The summed E-state index contributed by atoms with van der Waals surface area (Å²) in [4.78, 5) is 4.27. The Morgan fingerprint density at radius 3 is 1.92 bits per heavy atom. The van der Waals surface area contributed by atoms with Crippen LogP contribution >= 0.6 is 0 Å². The summed E-state index contributed by atoms with van der Waals surface area (Å²) in [6.07, 6.45) is 2.22. The Labute approximate surface area is 82.5 Å². The van der Waals surface area contributed by atoms with Crippen LogP contribution in [0.15, 0.2) is 23.9 Å². The molecule has 0 amide bonds. The first-order chi connectivity index (χ1) is 5.86. The predicted octanol–water partition coefficient (Wildman–Crippen LogP) is 1.96. The van der Waals surface area contributed by atoms with Crippen molar-refractivity contribution < 1.29 is 0 Å². The Bertz CT molecular complexity index is 202. The minimum Gasteiger partial charge on any atom is -0.378 e. The van der Waals surface area contributed by atoms with Gasteiger partial charge in [-0.25, -0.2) is 0 Å². The summed E-state index contributed by atoms with van der Waals surface area (Å²) < 4.78 is 0. The lowest BCUT2D eigenvalue weighted by atomic mass is 10.1. The van der Waals surface area contributed by atoms with E-state index >= 15 is 0 Å². The number of rotatable bonds is 4. The normalized spacial score (nSPS) is 14.5. The summed E-state index contributed by atoms with van der Waals surface area (Å²) >= 11 is 0. The molecule has 0 rings (SSSR count). The average molecular weight is 182 g/mol. The first-order valence-electron chi connectivity index (χ1n) is 4.57. The van der Waals surface area contributed by atoms with Crippen LogP contribution in [0.25, 0.3) is 0 Å². The van der Waals surface area contributed by atoms with Crippen molar-refractivity contribution in [3.05, 3.63) is 23.9 Å². The van der Waals surface area contributed by atoms with Crippen molar-refractivity contribution >= 4 is 0 Å². The molecule has 0 saturated carbocycles. The molecule has 1 atom stereocenters. The lowest BCUT2D eigenvalue weighted by molar-refractivity contribution is 0.358. The number of nitrogens with zero attached hydrogens (tertiary/aromatic N) is 2. The second-order valence-corrected chi connectivity index (χ2v) is 3.93. The Morgan fingerprint density at radius 2 is 1.69 bits per heavy atom. The van der Waals surface area contributed by atoms with Gasteiger partial charge in [0.2, 0.25) is 0 Å². The van der Waals surface area contributed by atoms with Crippen molar-refractivity contribution in [2.45, 2.75) is 19.9 Å². The highest BCUT2D eigenvalue weighted by molar-refractivity contribution is 5.25. The molecule has 2 nitrogen and oxygen atoms in total. The van der Waals surface area contributed by atoms with Gasteiger partial charge in [0.05, 0.1) is 0 Å². The molecule has 0 bridgehead atoms. The molecule has 0 aromatic rings. The first-order valence-corrected chi connectivity index (χ1v) is 4.57. The van der Waals surface area contributed by atoms with Gasteiger partial charge in [-0.1, -0.05) is 6.58 Å². The van der Waals surface area contributed by atoms with E-state index in [9.17, 15) is 0 Å². The highest BCUT2D eigenvalue weighted by Gasteiger charge is 2.05. The zero-order valence-electron chi connectivity index (χ0n) is 9.76. The fraction of sp³-hybridized carbons (Fsp3) is 0.636. The zero-order valence-corrected chi connectivity index (χ0v) is 9.76. The van der Waals surface area contributed by atoms with Crippen molar-refractivity contribution in [1.82, 2.24) is 9.80 Å². The maximum atomic E-state index is 3.96. The molecule has 0 fully saturated rings. The standard InChI is InChI=1S/C11H22N2/c1-9(2)11(13(6)7)8-10(3)12(4)5/h8,10H,1H2,2-7H3/b11-8-. The topological polar surface area (TPSA) is 6.48 Å². The summed E-state index contributed by atoms with van der Waals surface area (Å²) in [5.41, 5.74) is 2.32. The zero-order chi connectivity index (χ0) is 10.6. The third-order valence-electron chi connectivity index (χ3n) is 2.13. The summed E-state index contributed by atoms with van der Waals surface area (Å²) in [7, 11) is 8.24. The second-order valence-electron chi connectivity index (χ2n) is 3.93. The van der Waals surface area contributed by atoms with Crippen LogP contribution in [-0.2, 0) is 0 Å². The third kappa shape index (κ3) is 4.13. The Balaban J connectivity index is 4.63. The molecular formula is C11H22N2. The van der Waals surface area contributed by atoms with Gasteiger partial charge >= 0.3 is 0 Å². The van der Waals surface area contributed by atoms with Crippen molar-refractivity contribution in [1.29, 1.82) is 0 Å². The van der Waals surface area contributed by atoms with Gasteiger partial charge in [-0.15, -0.1) is 0 Å². The van der Waals surface area contributed by atoms with Crippen molar-refractivity contribution in [2.75, 3.05) is 28.2 Å². The maximum Gasteiger partial charge on any atom is 0.0359 e. The molecule has 0 aliphatic carbocycles. The minimum atomic E-state index is 0.439. The summed E-state index contributed by atoms with van der Waals surface area (Å²) in [5.74, 6) is 0. The minimum absolute atomic E-state index is 0.439. The number of hydrogen-bond donors (Lipinski definition) is 0. The highest BCUT2D eigenvalue weighted by Crippen LogP contribution is 2.11. The van der Waals surface area contributed by atoms with Gasteiger partial charge in [-0.2, -0.15) is 0 Å². The van der Waals surface area contributed by atoms with Crippen LogP contribution in [0.1, 0.15) is 13.8 Å². The quantitative estimate of drug-likeness (QED) is 0.613. The average Bonchev–Trinajstić information content (AvgIpc) is 1.97. The van der Waals surface area contributed by atoms with E-state index in [1.807, 2.05) is 21.0 Å². The maximum absolute atomic E-state index is 3.96. The van der Waals surface area contributed by atoms with Crippen molar-refractivity contribution in [3.8, 4) is 0 Å². The van der Waals surface area contributed by atoms with Gasteiger partial charge < -0.3 is 9.80 Å². The van der Waals surface area contributed by atoms with E-state index in [1.54, 1.807) is 0 Å². The van der Waals surface area contributed by atoms with E-state index in [-0.39, 0.29) is 0 Å². The molecule has 0 N–H and O–H groups in total. The van der Waals surface area contributed by atoms with Gasteiger partial charge in [0.15, 0.2) is 0 Å². The second kappa shape index (κ2) is 5.07. The summed E-state index contributed by atoms with van der Waals surface area (Å²) in [5, 5.41) is 0. The van der Waals surface area contributed by atoms with Crippen LogP contribution in [0.3, 0.4) is 0 Å². The van der Waals surface area contributed by atoms with E-state index in [2.05, 4.69) is 43.5 Å². The van der Waals surface area contributed by atoms with Crippen LogP contribution in [0.5, 0.6) is 0 Å². The monoisotopic (exact) mass is 182 g/mol. The molecule has 13 heavy (non-hydrogen) atoms.